The minimum absolute atomic E-state index is 0.0344. The zero-order chi connectivity index (χ0) is 16.8. The summed E-state index contributed by atoms with van der Waals surface area (Å²) in [6.45, 7) is 0. The maximum Gasteiger partial charge on any atom is 0.453 e. The number of nitrogens with zero attached hydrogens (tertiary/aromatic N) is 6. The van der Waals surface area contributed by atoms with Gasteiger partial charge in [-0.1, -0.05) is 0 Å². The van der Waals surface area contributed by atoms with E-state index in [1.807, 2.05) is 0 Å². The zero-order valence-corrected chi connectivity index (χ0v) is 12.0. The molecule has 0 aromatic carbocycles. The van der Waals surface area contributed by atoms with Crippen molar-refractivity contribution in [2.45, 2.75) is 6.18 Å². The number of fused-ring (bicyclic) bond motifs is 1. The standard InChI is InChI=1S/C12H10F3N7O/c1-21-8-6(4-3-5-16-8)7(19-21)9(23)17-11-18-10(12(13,14)15)20-22(11)2/h3-5H,1-2H3,(H,17,18,20,23). The highest BCUT2D eigenvalue weighted by molar-refractivity contribution is 6.10. The Hall–Kier alpha value is -2.98. The molecule has 0 saturated heterocycles. The molecule has 0 aliphatic carbocycles. The summed E-state index contributed by atoms with van der Waals surface area (Å²) in [5.41, 5.74) is 0.513. The number of pyridine rings is 1. The Morgan fingerprint density at radius 2 is 1.96 bits per heavy atom. The molecule has 3 aromatic rings. The van der Waals surface area contributed by atoms with Crippen LogP contribution in [0.2, 0.25) is 0 Å². The highest BCUT2D eigenvalue weighted by Gasteiger charge is 2.37. The Balaban J connectivity index is 1.94. The van der Waals surface area contributed by atoms with Crippen molar-refractivity contribution >= 4 is 22.9 Å². The number of anilines is 1. The van der Waals surface area contributed by atoms with Crippen LogP contribution in [0.25, 0.3) is 11.0 Å². The van der Waals surface area contributed by atoms with Gasteiger partial charge in [0.05, 0.1) is 5.39 Å². The van der Waals surface area contributed by atoms with Crippen molar-refractivity contribution in [3.8, 4) is 0 Å². The number of rotatable bonds is 2. The molecule has 120 valence electrons. The Morgan fingerprint density at radius 3 is 2.61 bits per heavy atom. The van der Waals surface area contributed by atoms with Gasteiger partial charge < -0.3 is 0 Å². The first-order chi connectivity index (χ1) is 10.8. The second-order valence-corrected chi connectivity index (χ2v) is 4.68. The van der Waals surface area contributed by atoms with E-state index in [0.29, 0.717) is 11.0 Å². The molecule has 3 aromatic heterocycles. The van der Waals surface area contributed by atoms with Gasteiger partial charge in [-0.25, -0.2) is 14.3 Å². The molecule has 0 aliphatic rings. The molecule has 1 amide bonds. The third-order valence-corrected chi connectivity index (χ3v) is 3.06. The molecular formula is C12H10F3N7O. The van der Waals surface area contributed by atoms with Gasteiger partial charge in [-0.15, -0.1) is 5.10 Å². The van der Waals surface area contributed by atoms with Gasteiger partial charge in [-0.3, -0.25) is 10.1 Å². The van der Waals surface area contributed by atoms with E-state index in [1.165, 1.54) is 11.7 Å². The van der Waals surface area contributed by atoms with E-state index >= 15 is 0 Å². The summed E-state index contributed by atoms with van der Waals surface area (Å²) in [6, 6.07) is 3.27. The van der Waals surface area contributed by atoms with Gasteiger partial charge in [0.25, 0.3) is 11.7 Å². The fourth-order valence-electron chi connectivity index (χ4n) is 2.03. The van der Waals surface area contributed by atoms with Crippen LogP contribution < -0.4 is 5.32 Å². The molecule has 0 spiro atoms. The normalized spacial score (nSPS) is 11.9. The maximum atomic E-state index is 12.6. The maximum absolute atomic E-state index is 12.6. The van der Waals surface area contributed by atoms with Gasteiger partial charge in [-0.2, -0.15) is 23.3 Å². The van der Waals surface area contributed by atoms with Crippen LogP contribution in [0.4, 0.5) is 19.1 Å². The smallest absolute Gasteiger partial charge is 0.289 e. The van der Waals surface area contributed by atoms with Crippen LogP contribution in [0.15, 0.2) is 18.3 Å². The minimum Gasteiger partial charge on any atom is -0.289 e. The topological polar surface area (TPSA) is 90.5 Å². The number of hydrogen-bond donors (Lipinski definition) is 1. The molecule has 0 aliphatic heterocycles. The fraction of sp³-hybridized carbons (Fsp3) is 0.250. The second-order valence-electron chi connectivity index (χ2n) is 4.68. The first kappa shape index (κ1) is 14.9. The number of carbonyl (C=O) groups is 1. The Kier molecular flexibility index (Phi) is 3.27. The molecule has 11 heteroatoms. The predicted octanol–water partition coefficient (Wildman–Crippen LogP) is 1.37. The van der Waals surface area contributed by atoms with E-state index in [2.05, 4.69) is 25.5 Å². The molecule has 0 atom stereocenters. The van der Waals surface area contributed by atoms with Crippen molar-refractivity contribution in [1.82, 2.24) is 29.5 Å². The lowest BCUT2D eigenvalue weighted by Gasteiger charge is -2.01. The number of amides is 1. The molecule has 0 saturated carbocycles. The molecule has 3 rings (SSSR count). The van der Waals surface area contributed by atoms with E-state index in [9.17, 15) is 18.0 Å². The van der Waals surface area contributed by atoms with E-state index in [0.717, 1.165) is 4.68 Å². The van der Waals surface area contributed by atoms with Crippen LogP contribution in [0.1, 0.15) is 16.3 Å². The highest BCUT2D eigenvalue weighted by Crippen LogP contribution is 2.27. The van der Waals surface area contributed by atoms with Crippen molar-refractivity contribution in [2.24, 2.45) is 14.1 Å². The van der Waals surface area contributed by atoms with E-state index < -0.39 is 17.9 Å². The number of alkyl halides is 3. The van der Waals surface area contributed by atoms with Crippen LogP contribution in [0, 0.1) is 0 Å². The first-order valence-corrected chi connectivity index (χ1v) is 6.34. The number of nitrogens with one attached hydrogen (secondary N) is 1. The lowest BCUT2D eigenvalue weighted by atomic mass is 10.2. The number of halogens is 3. The summed E-state index contributed by atoms with van der Waals surface area (Å²) in [7, 11) is 2.85. The van der Waals surface area contributed by atoms with Crippen LogP contribution in [0.3, 0.4) is 0 Å². The van der Waals surface area contributed by atoms with E-state index in [-0.39, 0.29) is 11.6 Å². The van der Waals surface area contributed by atoms with Gasteiger partial charge in [0.2, 0.25) is 5.95 Å². The highest BCUT2D eigenvalue weighted by atomic mass is 19.4. The van der Waals surface area contributed by atoms with Crippen LogP contribution >= 0.6 is 0 Å². The largest absolute Gasteiger partial charge is 0.453 e. The lowest BCUT2D eigenvalue weighted by Crippen LogP contribution is -2.16. The van der Waals surface area contributed by atoms with Crippen molar-refractivity contribution in [3.05, 3.63) is 29.8 Å². The quantitative estimate of drug-likeness (QED) is 0.768. The number of carbonyl (C=O) groups excluding carboxylic acids is 1. The van der Waals surface area contributed by atoms with Crippen LogP contribution in [-0.4, -0.2) is 35.4 Å². The third kappa shape index (κ3) is 2.60. The number of hydrogen-bond acceptors (Lipinski definition) is 5. The van der Waals surface area contributed by atoms with Crippen molar-refractivity contribution < 1.29 is 18.0 Å². The molecule has 3 heterocycles. The second kappa shape index (κ2) is 5.04. The SMILES string of the molecule is Cn1nc(C(F)(F)F)nc1NC(=O)c1nn(C)c2ncccc12. The summed E-state index contributed by atoms with van der Waals surface area (Å²) in [5, 5.41) is 10.0. The molecular weight excluding hydrogens is 315 g/mol. The molecule has 23 heavy (non-hydrogen) atoms. The fourth-order valence-corrected chi connectivity index (χ4v) is 2.03. The molecule has 0 unspecified atom stereocenters. The number of aryl methyl sites for hydroxylation is 2. The minimum atomic E-state index is -4.69. The molecule has 0 radical (unpaired) electrons. The summed E-state index contributed by atoms with van der Waals surface area (Å²) in [6.07, 6.45) is -3.15. The zero-order valence-electron chi connectivity index (χ0n) is 12.0. The Labute approximate surface area is 126 Å². The first-order valence-electron chi connectivity index (χ1n) is 6.34. The molecule has 0 bridgehead atoms. The van der Waals surface area contributed by atoms with Crippen LogP contribution in [0.5, 0.6) is 0 Å². The monoisotopic (exact) mass is 325 g/mol. The molecule has 8 nitrogen and oxygen atoms in total. The van der Waals surface area contributed by atoms with E-state index in [1.54, 1.807) is 25.4 Å². The van der Waals surface area contributed by atoms with Crippen molar-refractivity contribution in [2.75, 3.05) is 5.32 Å². The molecule has 0 fully saturated rings. The Bertz CT molecular complexity index is 896. The lowest BCUT2D eigenvalue weighted by molar-refractivity contribution is -0.144. The van der Waals surface area contributed by atoms with Gasteiger partial charge in [-0.05, 0) is 12.1 Å². The summed E-state index contributed by atoms with van der Waals surface area (Å²) < 4.78 is 40.0. The summed E-state index contributed by atoms with van der Waals surface area (Å²) in [4.78, 5) is 19.6. The number of aromatic nitrogens is 6. The van der Waals surface area contributed by atoms with Crippen molar-refractivity contribution in [1.29, 1.82) is 0 Å². The molecule has 1 N–H and O–H groups in total. The third-order valence-electron chi connectivity index (χ3n) is 3.06. The van der Waals surface area contributed by atoms with Gasteiger partial charge in [0.15, 0.2) is 11.3 Å². The van der Waals surface area contributed by atoms with Gasteiger partial charge in [0.1, 0.15) is 0 Å². The Morgan fingerprint density at radius 1 is 1.22 bits per heavy atom. The van der Waals surface area contributed by atoms with Crippen molar-refractivity contribution in [3.63, 3.8) is 0 Å². The van der Waals surface area contributed by atoms with Crippen LogP contribution in [-0.2, 0) is 20.3 Å². The average molecular weight is 325 g/mol. The summed E-state index contributed by atoms with van der Waals surface area (Å²) >= 11 is 0. The average Bonchev–Trinajstić information content (AvgIpc) is 3.01. The summed E-state index contributed by atoms with van der Waals surface area (Å²) in [5.74, 6) is -2.36. The van der Waals surface area contributed by atoms with E-state index in [4.69, 9.17) is 0 Å². The van der Waals surface area contributed by atoms with Gasteiger partial charge >= 0.3 is 6.18 Å². The predicted molar refractivity (Wildman–Crippen MR) is 72.5 cm³/mol. The van der Waals surface area contributed by atoms with Gasteiger partial charge in [0, 0.05) is 20.3 Å².